The van der Waals surface area contributed by atoms with E-state index in [-0.39, 0.29) is 6.42 Å². The SMILES string of the molecule is COCc1nc(CN(C)C)sc1CC(=O)O. The van der Waals surface area contributed by atoms with Gasteiger partial charge in [-0.25, -0.2) is 4.98 Å². The molecule has 0 spiro atoms. The van der Waals surface area contributed by atoms with Gasteiger partial charge >= 0.3 is 5.97 Å². The van der Waals surface area contributed by atoms with Gasteiger partial charge in [0, 0.05) is 18.5 Å². The third-order valence-electron chi connectivity index (χ3n) is 1.87. The average molecular weight is 244 g/mol. The Morgan fingerprint density at radius 1 is 1.56 bits per heavy atom. The number of hydrogen-bond acceptors (Lipinski definition) is 5. The van der Waals surface area contributed by atoms with Crippen LogP contribution in [0.25, 0.3) is 0 Å². The number of carbonyl (C=O) groups is 1. The Balaban J connectivity index is 2.85. The van der Waals surface area contributed by atoms with E-state index in [2.05, 4.69) is 4.98 Å². The molecule has 90 valence electrons. The minimum Gasteiger partial charge on any atom is -0.481 e. The highest BCUT2D eigenvalue weighted by molar-refractivity contribution is 7.11. The van der Waals surface area contributed by atoms with Crippen LogP contribution in [0.4, 0.5) is 0 Å². The molecule has 5 nitrogen and oxygen atoms in total. The van der Waals surface area contributed by atoms with E-state index in [1.54, 1.807) is 7.11 Å². The van der Waals surface area contributed by atoms with E-state index in [1.165, 1.54) is 11.3 Å². The Labute approximate surface area is 98.7 Å². The van der Waals surface area contributed by atoms with Crippen LogP contribution in [0.3, 0.4) is 0 Å². The fourth-order valence-corrected chi connectivity index (χ4v) is 2.48. The lowest BCUT2D eigenvalue weighted by Crippen LogP contribution is -2.10. The first-order valence-electron chi connectivity index (χ1n) is 4.85. The molecule has 16 heavy (non-hydrogen) atoms. The molecule has 0 fully saturated rings. The molecular weight excluding hydrogens is 228 g/mol. The number of nitrogens with zero attached hydrogens (tertiary/aromatic N) is 2. The largest absolute Gasteiger partial charge is 0.481 e. The third kappa shape index (κ3) is 3.88. The third-order valence-corrected chi connectivity index (χ3v) is 2.95. The molecule has 1 rings (SSSR count). The van der Waals surface area contributed by atoms with E-state index < -0.39 is 5.97 Å². The highest BCUT2D eigenvalue weighted by atomic mass is 32.1. The maximum Gasteiger partial charge on any atom is 0.308 e. The molecular formula is C10H16N2O3S. The predicted octanol–water partition coefficient (Wildman–Crippen LogP) is 0.978. The molecule has 0 radical (unpaired) electrons. The molecule has 0 atom stereocenters. The second-order valence-corrected chi connectivity index (χ2v) is 4.89. The minimum absolute atomic E-state index is 0.0176. The second-order valence-electron chi connectivity index (χ2n) is 3.72. The van der Waals surface area contributed by atoms with Crippen molar-refractivity contribution in [2.24, 2.45) is 0 Å². The van der Waals surface area contributed by atoms with Crippen molar-refractivity contribution in [2.75, 3.05) is 21.2 Å². The van der Waals surface area contributed by atoms with E-state index in [4.69, 9.17) is 9.84 Å². The number of aromatic nitrogens is 1. The Morgan fingerprint density at radius 2 is 2.25 bits per heavy atom. The molecule has 0 saturated heterocycles. The second kappa shape index (κ2) is 5.93. The van der Waals surface area contributed by atoms with Crippen LogP contribution < -0.4 is 0 Å². The molecule has 6 heteroatoms. The summed E-state index contributed by atoms with van der Waals surface area (Å²) in [6.45, 7) is 1.09. The van der Waals surface area contributed by atoms with E-state index in [0.29, 0.717) is 6.61 Å². The molecule has 1 aromatic heterocycles. The van der Waals surface area contributed by atoms with E-state index in [9.17, 15) is 4.79 Å². The van der Waals surface area contributed by atoms with Crippen LogP contribution in [0.5, 0.6) is 0 Å². The number of methoxy groups -OCH3 is 1. The van der Waals surface area contributed by atoms with Gasteiger partial charge in [-0.2, -0.15) is 0 Å². The summed E-state index contributed by atoms with van der Waals surface area (Å²) in [7, 11) is 5.48. The smallest absolute Gasteiger partial charge is 0.308 e. The van der Waals surface area contributed by atoms with Crippen LogP contribution in [0.2, 0.25) is 0 Å². The van der Waals surface area contributed by atoms with Crippen LogP contribution in [0.1, 0.15) is 15.6 Å². The quantitative estimate of drug-likeness (QED) is 0.808. The number of thiazole rings is 1. The summed E-state index contributed by atoms with van der Waals surface area (Å²) >= 11 is 1.44. The van der Waals surface area contributed by atoms with Crippen molar-refractivity contribution in [3.8, 4) is 0 Å². The lowest BCUT2D eigenvalue weighted by molar-refractivity contribution is -0.136. The first-order chi connectivity index (χ1) is 7.52. The molecule has 0 aromatic carbocycles. The number of hydrogen-bond donors (Lipinski definition) is 1. The van der Waals surface area contributed by atoms with Gasteiger partial charge in [-0.05, 0) is 14.1 Å². The normalized spacial score (nSPS) is 11.0. The number of aliphatic carboxylic acids is 1. The Hall–Kier alpha value is -0.980. The molecule has 0 unspecified atom stereocenters. The van der Waals surface area contributed by atoms with Crippen molar-refractivity contribution >= 4 is 17.3 Å². The van der Waals surface area contributed by atoms with Gasteiger partial charge < -0.3 is 14.7 Å². The standard InChI is InChI=1S/C10H16N2O3S/c1-12(2)5-9-11-7(6-15-3)8(16-9)4-10(13)14/h4-6H2,1-3H3,(H,13,14). The van der Waals surface area contributed by atoms with Gasteiger partial charge in [0.1, 0.15) is 5.01 Å². The number of carboxylic acid groups (broad SMARTS) is 1. The zero-order valence-electron chi connectivity index (χ0n) is 9.69. The molecule has 0 aliphatic carbocycles. The summed E-state index contributed by atoms with van der Waals surface area (Å²) in [5, 5.41) is 9.70. The van der Waals surface area contributed by atoms with Crippen LogP contribution >= 0.6 is 11.3 Å². The van der Waals surface area contributed by atoms with Crippen molar-refractivity contribution in [3.05, 3.63) is 15.6 Å². The maximum atomic E-state index is 10.7. The van der Waals surface area contributed by atoms with Crippen LogP contribution in [-0.4, -0.2) is 42.2 Å². The summed E-state index contributed by atoms with van der Waals surface area (Å²) in [4.78, 5) is 17.8. The lowest BCUT2D eigenvalue weighted by Gasteiger charge is -2.04. The van der Waals surface area contributed by atoms with Gasteiger partial charge in [-0.1, -0.05) is 0 Å². The zero-order valence-corrected chi connectivity index (χ0v) is 10.5. The van der Waals surface area contributed by atoms with Gasteiger partial charge in [-0.3, -0.25) is 4.79 Å². The first kappa shape index (κ1) is 13.1. The highest BCUT2D eigenvalue weighted by Gasteiger charge is 2.14. The van der Waals surface area contributed by atoms with E-state index in [0.717, 1.165) is 22.1 Å². The number of carboxylic acids is 1. The Bertz CT molecular complexity index is 363. The summed E-state index contributed by atoms with van der Waals surface area (Å²) in [6.07, 6.45) is 0.0176. The van der Waals surface area contributed by atoms with Crippen molar-refractivity contribution in [1.29, 1.82) is 0 Å². The Morgan fingerprint density at radius 3 is 2.75 bits per heavy atom. The summed E-state index contributed by atoms with van der Waals surface area (Å²) in [5.41, 5.74) is 0.742. The predicted molar refractivity (Wildman–Crippen MR) is 61.6 cm³/mol. The molecule has 0 bridgehead atoms. The van der Waals surface area contributed by atoms with Crippen LogP contribution in [0, 0.1) is 0 Å². The topological polar surface area (TPSA) is 62.7 Å². The molecule has 0 saturated carbocycles. The lowest BCUT2D eigenvalue weighted by atomic mass is 10.3. The summed E-state index contributed by atoms with van der Waals surface area (Å²) < 4.78 is 5.01. The molecule has 1 heterocycles. The van der Waals surface area contributed by atoms with Gasteiger partial charge in [0.25, 0.3) is 0 Å². The minimum atomic E-state index is -0.836. The Kier molecular flexibility index (Phi) is 4.85. The molecule has 0 aliphatic heterocycles. The van der Waals surface area contributed by atoms with Crippen LogP contribution in [-0.2, 0) is 29.1 Å². The first-order valence-corrected chi connectivity index (χ1v) is 5.67. The van der Waals surface area contributed by atoms with E-state index >= 15 is 0 Å². The average Bonchev–Trinajstić information content (AvgIpc) is 2.46. The zero-order chi connectivity index (χ0) is 12.1. The monoisotopic (exact) mass is 244 g/mol. The fraction of sp³-hybridized carbons (Fsp3) is 0.600. The summed E-state index contributed by atoms with van der Waals surface area (Å²) in [5.74, 6) is -0.836. The molecule has 0 aliphatic rings. The van der Waals surface area contributed by atoms with Gasteiger partial charge in [0.15, 0.2) is 0 Å². The van der Waals surface area contributed by atoms with Gasteiger partial charge in [-0.15, -0.1) is 11.3 Å². The van der Waals surface area contributed by atoms with Crippen molar-refractivity contribution < 1.29 is 14.6 Å². The van der Waals surface area contributed by atoms with E-state index in [1.807, 2.05) is 19.0 Å². The van der Waals surface area contributed by atoms with Gasteiger partial charge in [0.05, 0.1) is 18.7 Å². The summed E-state index contributed by atoms with van der Waals surface area (Å²) in [6, 6.07) is 0. The van der Waals surface area contributed by atoms with Crippen molar-refractivity contribution in [1.82, 2.24) is 9.88 Å². The van der Waals surface area contributed by atoms with Gasteiger partial charge in [0.2, 0.25) is 0 Å². The molecule has 1 N–H and O–H groups in total. The fourth-order valence-electron chi connectivity index (χ4n) is 1.30. The highest BCUT2D eigenvalue weighted by Crippen LogP contribution is 2.21. The van der Waals surface area contributed by atoms with Crippen LogP contribution in [0.15, 0.2) is 0 Å². The molecule has 1 aromatic rings. The number of ether oxygens (including phenoxy) is 1. The van der Waals surface area contributed by atoms with Crippen molar-refractivity contribution in [2.45, 2.75) is 19.6 Å². The molecule has 0 amide bonds. The number of rotatable bonds is 6. The maximum absolute atomic E-state index is 10.7. The van der Waals surface area contributed by atoms with Crippen molar-refractivity contribution in [3.63, 3.8) is 0 Å².